The summed E-state index contributed by atoms with van der Waals surface area (Å²) in [6, 6.07) is 0. The number of carboxylic acid groups (broad SMARTS) is 1. The number of hydrogen-bond donors (Lipinski definition) is 2. The molecule has 0 aromatic heterocycles. The SMILES string of the molecule is O=C(O)CC(F)(F)C(O)(F)C(F)(F)F. The molecular weight excluding hydrogens is 222 g/mol. The van der Waals surface area contributed by atoms with Crippen molar-refractivity contribution in [3.8, 4) is 0 Å². The fourth-order valence-electron chi connectivity index (χ4n) is 0.514. The molecule has 3 nitrogen and oxygen atoms in total. The summed E-state index contributed by atoms with van der Waals surface area (Å²) < 4.78 is 71.0. The number of aliphatic carboxylic acids is 1. The highest BCUT2D eigenvalue weighted by atomic mass is 19.4. The third-order valence-electron chi connectivity index (χ3n) is 1.23. The monoisotopic (exact) mass is 226 g/mol. The first-order valence-corrected chi connectivity index (χ1v) is 2.99. The highest BCUT2D eigenvalue weighted by molar-refractivity contribution is 5.68. The number of carbonyl (C=O) groups is 1. The maximum atomic E-state index is 12.2. The van der Waals surface area contributed by atoms with E-state index >= 15 is 0 Å². The molecule has 0 aliphatic carbocycles. The Morgan fingerprint density at radius 2 is 1.43 bits per heavy atom. The van der Waals surface area contributed by atoms with Crippen LogP contribution in [0.25, 0.3) is 0 Å². The van der Waals surface area contributed by atoms with E-state index < -0.39 is 30.3 Å². The number of carboxylic acids is 1. The summed E-state index contributed by atoms with van der Waals surface area (Å²) in [5.41, 5.74) is 0. The van der Waals surface area contributed by atoms with Gasteiger partial charge in [-0.25, -0.2) is 0 Å². The van der Waals surface area contributed by atoms with Crippen LogP contribution in [0.2, 0.25) is 0 Å². The molecule has 0 saturated carbocycles. The molecule has 2 N–H and O–H groups in total. The van der Waals surface area contributed by atoms with Gasteiger partial charge in [0.2, 0.25) is 0 Å². The molecule has 0 bridgehead atoms. The van der Waals surface area contributed by atoms with Gasteiger partial charge in [0.15, 0.2) is 0 Å². The van der Waals surface area contributed by atoms with Crippen LogP contribution < -0.4 is 0 Å². The molecule has 14 heavy (non-hydrogen) atoms. The van der Waals surface area contributed by atoms with Gasteiger partial charge in [-0.1, -0.05) is 0 Å². The molecule has 0 spiro atoms. The zero-order chi connectivity index (χ0) is 11.8. The lowest BCUT2D eigenvalue weighted by Gasteiger charge is -2.28. The molecule has 1 unspecified atom stereocenters. The van der Waals surface area contributed by atoms with Crippen LogP contribution in [0.15, 0.2) is 0 Å². The molecule has 0 heterocycles. The minimum Gasteiger partial charge on any atom is -0.481 e. The molecule has 84 valence electrons. The molecule has 1 atom stereocenters. The Hall–Kier alpha value is -0.990. The molecule has 0 amide bonds. The zero-order valence-corrected chi connectivity index (χ0v) is 6.28. The smallest absolute Gasteiger partial charge is 0.454 e. The van der Waals surface area contributed by atoms with Gasteiger partial charge in [0.25, 0.3) is 0 Å². The molecule has 0 aliphatic heterocycles. The van der Waals surface area contributed by atoms with Crippen molar-refractivity contribution in [2.45, 2.75) is 24.4 Å². The van der Waals surface area contributed by atoms with E-state index in [-0.39, 0.29) is 0 Å². The Morgan fingerprint density at radius 1 is 1.07 bits per heavy atom. The zero-order valence-electron chi connectivity index (χ0n) is 6.28. The van der Waals surface area contributed by atoms with Gasteiger partial charge in [0.1, 0.15) is 6.42 Å². The normalized spacial score (nSPS) is 17.6. The third kappa shape index (κ3) is 2.28. The van der Waals surface area contributed by atoms with Gasteiger partial charge in [-0.15, -0.1) is 0 Å². The second kappa shape index (κ2) is 3.30. The predicted octanol–water partition coefficient (Wildman–Crippen LogP) is 1.32. The summed E-state index contributed by atoms with van der Waals surface area (Å²) >= 11 is 0. The lowest BCUT2D eigenvalue weighted by atomic mass is 10.1. The van der Waals surface area contributed by atoms with Crippen molar-refractivity contribution >= 4 is 5.97 Å². The van der Waals surface area contributed by atoms with E-state index in [0.29, 0.717) is 0 Å². The van der Waals surface area contributed by atoms with Crippen LogP contribution in [-0.2, 0) is 4.79 Å². The summed E-state index contributed by atoms with van der Waals surface area (Å²) in [5.74, 6) is -13.6. The largest absolute Gasteiger partial charge is 0.481 e. The third-order valence-corrected chi connectivity index (χ3v) is 1.23. The van der Waals surface area contributed by atoms with Crippen molar-refractivity contribution in [3.63, 3.8) is 0 Å². The van der Waals surface area contributed by atoms with Gasteiger partial charge in [-0.3, -0.25) is 4.79 Å². The van der Waals surface area contributed by atoms with E-state index in [1.807, 2.05) is 0 Å². The molecule has 0 saturated heterocycles. The fraction of sp³-hybridized carbons (Fsp3) is 0.800. The number of halogens is 6. The lowest BCUT2D eigenvalue weighted by molar-refractivity contribution is -0.384. The molecule has 9 heteroatoms. The number of aliphatic hydroxyl groups is 1. The average molecular weight is 226 g/mol. The Bertz CT molecular complexity index is 232. The van der Waals surface area contributed by atoms with Crippen LogP contribution in [0.3, 0.4) is 0 Å². The Labute approximate surface area is 72.9 Å². The van der Waals surface area contributed by atoms with Crippen molar-refractivity contribution in [1.29, 1.82) is 0 Å². The Kier molecular flexibility index (Phi) is 3.06. The molecule has 0 rings (SSSR count). The second-order valence-electron chi connectivity index (χ2n) is 2.39. The van der Waals surface area contributed by atoms with Gasteiger partial charge in [-0.05, 0) is 0 Å². The van der Waals surface area contributed by atoms with Gasteiger partial charge in [0.05, 0.1) is 0 Å². The van der Waals surface area contributed by atoms with Gasteiger partial charge in [0, 0.05) is 0 Å². The van der Waals surface area contributed by atoms with E-state index in [9.17, 15) is 31.1 Å². The van der Waals surface area contributed by atoms with E-state index in [1.54, 1.807) is 0 Å². The number of hydrogen-bond acceptors (Lipinski definition) is 2. The van der Waals surface area contributed by atoms with Crippen LogP contribution in [0.4, 0.5) is 26.3 Å². The van der Waals surface area contributed by atoms with Gasteiger partial charge < -0.3 is 10.2 Å². The highest BCUT2D eigenvalue weighted by Gasteiger charge is 2.71. The van der Waals surface area contributed by atoms with Crippen molar-refractivity contribution < 1.29 is 41.4 Å². The molecule has 0 aromatic carbocycles. The van der Waals surface area contributed by atoms with Crippen LogP contribution in [-0.4, -0.2) is 34.1 Å². The molecule has 0 aromatic rings. The van der Waals surface area contributed by atoms with E-state index in [2.05, 4.69) is 0 Å². The maximum Gasteiger partial charge on any atom is 0.454 e. The number of alkyl halides is 6. The second-order valence-corrected chi connectivity index (χ2v) is 2.39. The Morgan fingerprint density at radius 3 is 1.64 bits per heavy atom. The first-order chi connectivity index (χ1) is 5.92. The van der Waals surface area contributed by atoms with Crippen LogP contribution in [0.1, 0.15) is 6.42 Å². The molecule has 0 aliphatic rings. The Balaban J connectivity index is 4.97. The van der Waals surface area contributed by atoms with Crippen LogP contribution >= 0.6 is 0 Å². The molecule has 0 fully saturated rings. The quantitative estimate of drug-likeness (QED) is 0.713. The highest BCUT2D eigenvalue weighted by Crippen LogP contribution is 2.44. The summed E-state index contributed by atoms with van der Waals surface area (Å²) in [6.45, 7) is 0. The summed E-state index contributed by atoms with van der Waals surface area (Å²) in [6.07, 6.45) is -8.72. The van der Waals surface area contributed by atoms with Crippen molar-refractivity contribution in [2.24, 2.45) is 0 Å². The standard InChI is InChI=1S/C5H4F6O3/c6-3(7,1-2(12)13)4(8,14)5(9,10)11/h14H,1H2,(H,12,13). The van der Waals surface area contributed by atoms with E-state index in [1.165, 1.54) is 0 Å². The van der Waals surface area contributed by atoms with Crippen molar-refractivity contribution in [1.82, 2.24) is 0 Å². The van der Waals surface area contributed by atoms with Gasteiger partial charge >= 0.3 is 23.9 Å². The van der Waals surface area contributed by atoms with E-state index in [4.69, 9.17) is 10.2 Å². The number of rotatable bonds is 3. The predicted molar refractivity (Wildman–Crippen MR) is 29.3 cm³/mol. The van der Waals surface area contributed by atoms with Crippen LogP contribution in [0.5, 0.6) is 0 Å². The first-order valence-electron chi connectivity index (χ1n) is 2.99. The van der Waals surface area contributed by atoms with Crippen molar-refractivity contribution in [3.05, 3.63) is 0 Å². The minimum atomic E-state index is -6.26. The summed E-state index contributed by atoms with van der Waals surface area (Å²) in [4.78, 5) is 9.66. The molecular formula is C5H4F6O3. The summed E-state index contributed by atoms with van der Waals surface area (Å²) in [5, 5.41) is 15.6. The summed E-state index contributed by atoms with van der Waals surface area (Å²) in [7, 11) is 0. The van der Waals surface area contributed by atoms with Crippen LogP contribution in [0, 0.1) is 0 Å². The minimum absolute atomic E-state index is 2.37. The molecule has 0 radical (unpaired) electrons. The van der Waals surface area contributed by atoms with E-state index in [0.717, 1.165) is 0 Å². The van der Waals surface area contributed by atoms with Gasteiger partial charge in [-0.2, -0.15) is 26.3 Å². The fourth-order valence-corrected chi connectivity index (χ4v) is 0.514. The average Bonchev–Trinajstić information content (AvgIpc) is 1.80. The maximum absolute atomic E-state index is 12.2. The topological polar surface area (TPSA) is 57.5 Å². The lowest BCUT2D eigenvalue weighted by Crippen LogP contribution is -2.56. The first kappa shape index (κ1) is 13.0. The van der Waals surface area contributed by atoms with Crippen molar-refractivity contribution in [2.75, 3.05) is 0 Å².